The third-order valence-electron chi connectivity index (χ3n) is 4.11. The minimum atomic E-state index is -1.41. The molecule has 0 N–H and O–H groups in total. The topological polar surface area (TPSA) is 9.23 Å². The summed E-state index contributed by atoms with van der Waals surface area (Å²) in [6.45, 7) is 10.4. The zero-order chi connectivity index (χ0) is 11.8. The van der Waals surface area contributed by atoms with Crippen LogP contribution in [0.15, 0.2) is 30.3 Å². The van der Waals surface area contributed by atoms with Crippen molar-refractivity contribution in [2.24, 2.45) is 0 Å². The molecule has 0 bridgehead atoms. The van der Waals surface area contributed by atoms with E-state index in [-0.39, 0.29) is 5.60 Å². The van der Waals surface area contributed by atoms with Crippen LogP contribution in [0.3, 0.4) is 0 Å². The molecule has 0 unspecified atom stereocenters. The molecule has 0 saturated carbocycles. The molecule has 1 nitrogen and oxygen atoms in total. The molecule has 16 heavy (non-hydrogen) atoms. The van der Waals surface area contributed by atoms with E-state index in [1.165, 1.54) is 6.42 Å². The van der Waals surface area contributed by atoms with Gasteiger partial charge in [-0.2, -0.15) is 0 Å². The number of ether oxygens (including phenoxy) is 1. The first-order valence-electron chi connectivity index (χ1n) is 6.14. The highest BCUT2D eigenvalue weighted by atomic mass is 28.3. The lowest BCUT2D eigenvalue weighted by Crippen LogP contribution is -2.51. The summed E-state index contributed by atoms with van der Waals surface area (Å²) >= 11 is 0. The van der Waals surface area contributed by atoms with Gasteiger partial charge < -0.3 is 4.74 Å². The first-order chi connectivity index (χ1) is 7.44. The van der Waals surface area contributed by atoms with Gasteiger partial charge >= 0.3 is 0 Å². The molecule has 1 saturated heterocycles. The summed E-state index contributed by atoms with van der Waals surface area (Å²) in [6, 6.07) is 11.0. The van der Waals surface area contributed by atoms with Crippen LogP contribution in [-0.4, -0.2) is 20.3 Å². The van der Waals surface area contributed by atoms with Crippen LogP contribution in [0.1, 0.15) is 20.3 Å². The Balaban J connectivity index is 2.32. The summed E-state index contributed by atoms with van der Waals surface area (Å²) < 4.78 is 5.90. The molecule has 0 amide bonds. The maximum absolute atomic E-state index is 5.90. The van der Waals surface area contributed by atoms with E-state index in [4.69, 9.17) is 4.74 Å². The Morgan fingerprint density at radius 2 is 1.81 bits per heavy atom. The molecule has 0 spiro atoms. The second kappa shape index (κ2) is 4.01. The minimum Gasteiger partial charge on any atom is -0.376 e. The lowest BCUT2D eigenvalue weighted by atomic mass is 10.1. The fourth-order valence-electron chi connectivity index (χ4n) is 3.19. The summed E-state index contributed by atoms with van der Waals surface area (Å²) in [7, 11) is -1.41. The van der Waals surface area contributed by atoms with Crippen LogP contribution >= 0.6 is 0 Å². The molecule has 1 aliphatic heterocycles. The lowest BCUT2D eigenvalue weighted by molar-refractivity contribution is 0.0359. The molecule has 1 aromatic carbocycles. The Morgan fingerprint density at radius 1 is 1.19 bits per heavy atom. The molecule has 88 valence electrons. The molecule has 1 fully saturated rings. The van der Waals surface area contributed by atoms with Gasteiger partial charge in [0.1, 0.15) is 0 Å². The average molecular weight is 234 g/mol. The van der Waals surface area contributed by atoms with E-state index in [1.54, 1.807) is 5.19 Å². The maximum atomic E-state index is 5.90. The molecule has 1 heterocycles. The van der Waals surface area contributed by atoms with Gasteiger partial charge in [-0.15, -0.1) is 0 Å². The minimum absolute atomic E-state index is 0.0611. The van der Waals surface area contributed by atoms with Gasteiger partial charge in [-0.25, -0.2) is 0 Å². The molecule has 0 aliphatic carbocycles. The highest BCUT2D eigenvalue weighted by molar-refractivity contribution is 6.91. The highest BCUT2D eigenvalue weighted by Crippen LogP contribution is 2.43. The highest BCUT2D eigenvalue weighted by Gasteiger charge is 2.46. The molecule has 0 aromatic heterocycles. The molecule has 1 aromatic rings. The summed E-state index contributed by atoms with van der Waals surface area (Å²) in [6.07, 6.45) is 1.22. The van der Waals surface area contributed by atoms with Crippen LogP contribution in [0, 0.1) is 0 Å². The van der Waals surface area contributed by atoms with E-state index in [2.05, 4.69) is 57.3 Å². The van der Waals surface area contributed by atoms with Gasteiger partial charge in [-0.1, -0.05) is 48.6 Å². The molecule has 0 radical (unpaired) electrons. The smallest absolute Gasteiger partial charge is 0.0865 e. The van der Waals surface area contributed by atoms with Crippen LogP contribution in [0.4, 0.5) is 0 Å². The van der Waals surface area contributed by atoms with E-state index in [9.17, 15) is 0 Å². The zero-order valence-electron chi connectivity index (χ0n) is 10.8. The van der Waals surface area contributed by atoms with Crippen molar-refractivity contribution >= 4 is 13.3 Å². The van der Waals surface area contributed by atoms with E-state index in [1.807, 2.05) is 0 Å². The third-order valence-corrected chi connectivity index (χ3v) is 8.66. The molecule has 1 aliphatic rings. The average Bonchev–Trinajstić information content (AvgIpc) is 2.60. The molecular weight excluding hydrogens is 212 g/mol. The fraction of sp³-hybridized carbons (Fsp3) is 0.571. The van der Waals surface area contributed by atoms with E-state index >= 15 is 0 Å². The summed E-state index contributed by atoms with van der Waals surface area (Å²) in [5.41, 5.74) is 0.786. The Kier molecular flexibility index (Phi) is 2.97. The van der Waals surface area contributed by atoms with Crippen LogP contribution in [0.25, 0.3) is 0 Å². The zero-order valence-corrected chi connectivity index (χ0v) is 11.8. The molecule has 2 heteroatoms. The van der Waals surface area contributed by atoms with Crippen LogP contribution in [-0.2, 0) is 4.74 Å². The normalized spacial score (nSPS) is 24.6. The third kappa shape index (κ3) is 1.96. The Morgan fingerprint density at radius 3 is 2.31 bits per heavy atom. The number of rotatable bonds is 2. The maximum Gasteiger partial charge on any atom is 0.0865 e. The Labute approximate surface area is 99.8 Å². The van der Waals surface area contributed by atoms with Crippen molar-refractivity contribution in [3.8, 4) is 0 Å². The van der Waals surface area contributed by atoms with Crippen molar-refractivity contribution in [2.75, 3.05) is 6.61 Å². The van der Waals surface area contributed by atoms with Gasteiger partial charge in [0, 0.05) is 6.61 Å². The van der Waals surface area contributed by atoms with Gasteiger partial charge in [0.15, 0.2) is 0 Å². The van der Waals surface area contributed by atoms with Crippen molar-refractivity contribution in [2.45, 2.75) is 44.5 Å². The van der Waals surface area contributed by atoms with Crippen molar-refractivity contribution in [3.63, 3.8) is 0 Å². The number of benzene rings is 1. The van der Waals surface area contributed by atoms with Crippen LogP contribution in [0.5, 0.6) is 0 Å². The first kappa shape index (κ1) is 11.9. The van der Waals surface area contributed by atoms with Gasteiger partial charge in [-0.05, 0) is 25.8 Å². The molecular formula is C14H22OSi. The van der Waals surface area contributed by atoms with Crippen molar-refractivity contribution in [1.29, 1.82) is 0 Å². The molecule has 2 rings (SSSR count). The second-order valence-electron chi connectivity index (χ2n) is 5.88. The van der Waals surface area contributed by atoms with Crippen molar-refractivity contribution in [1.82, 2.24) is 0 Å². The summed E-state index contributed by atoms with van der Waals surface area (Å²) in [4.78, 5) is 0. The Bertz CT molecular complexity index is 356. The van der Waals surface area contributed by atoms with Gasteiger partial charge in [0.05, 0.1) is 13.7 Å². The summed E-state index contributed by atoms with van der Waals surface area (Å²) in [5.74, 6) is 0. The summed E-state index contributed by atoms with van der Waals surface area (Å²) in [5, 5.41) is 1.55. The van der Waals surface area contributed by atoms with E-state index in [0.717, 1.165) is 12.1 Å². The second-order valence-corrected chi connectivity index (χ2v) is 10.6. The van der Waals surface area contributed by atoms with E-state index < -0.39 is 8.07 Å². The lowest BCUT2D eigenvalue weighted by Gasteiger charge is -2.37. The predicted molar refractivity (Wildman–Crippen MR) is 72.0 cm³/mol. The van der Waals surface area contributed by atoms with Crippen LogP contribution < -0.4 is 5.19 Å². The monoisotopic (exact) mass is 234 g/mol. The standard InChI is InChI=1S/C14H22OSi/c1-14(2)13(10-11-15-14)16(3,4)12-8-6-5-7-9-12/h5-9,13H,10-11H2,1-4H3/t13-/m0/s1. The Hall–Kier alpha value is -0.603. The van der Waals surface area contributed by atoms with E-state index in [0.29, 0.717) is 0 Å². The van der Waals surface area contributed by atoms with Gasteiger partial charge in [0.25, 0.3) is 0 Å². The predicted octanol–water partition coefficient (Wildman–Crippen LogP) is 3.17. The first-order valence-corrected chi connectivity index (χ1v) is 9.22. The SMILES string of the molecule is CC1(C)OCC[C@@H]1[Si](C)(C)c1ccccc1. The fourth-order valence-corrected chi connectivity index (χ4v) is 7.30. The number of hydrogen-bond donors (Lipinski definition) is 0. The van der Waals surface area contributed by atoms with Crippen molar-refractivity contribution < 1.29 is 4.74 Å². The van der Waals surface area contributed by atoms with Crippen LogP contribution in [0.2, 0.25) is 18.6 Å². The van der Waals surface area contributed by atoms with Crippen molar-refractivity contribution in [3.05, 3.63) is 30.3 Å². The molecule has 1 atom stereocenters. The van der Waals surface area contributed by atoms with Gasteiger partial charge in [-0.3, -0.25) is 0 Å². The quantitative estimate of drug-likeness (QED) is 0.714. The van der Waals surface area contributed by atoms with Gasteiger partial charge in [0.2, 0.25) is 0 Å². The number of hydrogen-bond acceptors (Lipinski definition) is 1. The largest absolute Gasteiger partial charge is 0.376 e.